The van der Waals surface area contributed by atoms with E-state index in [1.165, 1.54) is 16.7 Å². The number of ether oxygens (including phenoxy) is 1. The third kappa shape index (κ3) is 4.47. The van der Waals surface area contributed by atoms with Gasteiger partial charge in [-0.25, -0.2) is 0 Å². The highest BCUT2D eigenvalue weighted by Gasteiger charge is 2.30. The van der Waals surface area contributed by atoms with Gasteiger partial charge in [0.25, 0.3) is 5.91 Å². The largest absolute Gasteiger partial charge is 0.496 e. The number of methoxy groups -OCH3 is 1. The van der Waals surface area contributed by atoms with Gasteiger partial charge in [-0.3, -0.25) is 9.69 Å². The van der Waals surface area contributed by atoms with E-state index in [1.54, 1.807) is 14.0 Å². The number of benzene rings is 1. The number of carbonyl (C=O) groups is 1. The first-order valence-corrected chi connectivity index (χ1v) is 10.5. The Balaban J connectivity index is 1.66. The zero-order valence-corrected chi connectivity index (χ0v) is 18.5. The van der Waals surface area contributed by atoms with Crippen LogP contribution < -0.4 is 10.1 Å². The Morgan fingerprint density at radius 1 is 1.28 bits per heavy atom. The minimum Gasteiger partial charge on any atom is -0.496 e. The van der Waals surface area contributed by atoms with Crippen molar-refractivity contribution in [3.63, 3.8) is 0 Å². The summed E-state index contributed by atoms with van der Waals surface area (Å²) in [6.45, 7) is 12.0. The van der Waals surface area contributed by atoms with Gasteiger partial charge in [-0.05, 0) is 69.7 Å². The molecule has 2 heterocycles. The average Bonchev–Trinajstić information content (AvgIpc) is 3.04. The van der Waals surface area contributed by atoms with Crippen molar-refractivity contribution in [3.8, 4) is 5.75 Å². The van der Waals surface area contributed by atoms with Gasteiger partial charge in [0.05, 0.1) is 12.8 Å². The Bertz CT molecular complexity index is 855. The summed E-state index contributed by atoms with van der Waals surface area (Å²) >= 11 is 0. The molecule has 3 rings (SSSR count). The van der Waals surface area contributed by atoms with Gasteiger partial charge in [-0.15, -0.1) is 0 Å². The lowest BCUT2D eigenvalue weighted by atomic mass is 9.93. The molecular formula is C23H33N3O3. The molecule has 2 atom stereocenters. The molecule has 6 nitrogen and oxygen atoms in total. The van der Waals surface area contributed by atoms with Gasteiger partial charge in [0.1, 0.15) is 17.1 Å². The zero-order valence-electron chi connectivity index (χ0n) is 18.5. The van der Waals surface area contributed by atoms with Gasteiger partial charge in [-0.2, -0.15) is 0 Å². The summed E-state index contributed by atoms with van der Waals surface area (Å²) in [7, 11) is 1.72. The van der Waals surface area contributed by atoms with E-state index in [-0.39, 0.29) is 11.9 Å². The standard InChI is InChI=1S/C23H33N3O3/c1-7-20-12-19(24-23(27)22-16(4)25-29-17(22)5)10-11-26(20)13-18-8-9-21(28-6)15(3)14(18)2/h8-9,19-20H,7,10-13H2,1-6H3,(H,24,27)/t19-,20?/m0/s1. The van der Waals surface area contributed by atoms with Crippen LogP contribution in [-0.2, 0) is 6.54 Å². The van der Waals surface area contributed by atoms with Crippen molar-refractivity contribution in [3.05, 3.63) is 45.8 Å². The van der Waals surface area contributed by atoms with Crippen LogP contribution in [0.4, 0.5) is 0 Å². The van der Waals surface area contributed by atoms with Crippen LogP contribution in [0.15, 0.2) is 16.7 Å². The number of rotatable bonds is 6. The molecule has 1 unspecified atom stereocenters. The molecule has 0 saturated carbocycles. The third-order valence-electron chi connectivity index (χ3n) is 6.35. The van der Waals surface area contributed by atoms with Crippen molar-refractivity contribution in [2.45, 2.75) is 72.5 Å². The van der Waals surface area contributed by atoms with E-state index in [4.69, 9.17) is 9.26 Å². The van der Waals surface area contributed by atoms with Crippen LogP contribution in [0.5, 0.6) is 5.75 Å². The molecule has 1 fully saturated rings. The normalized spacial score (nSPS) is 19.9. The summed E-state index contributed by atoms with van der Waals surface area (Å²) in [5.74, 6) is 1.45. The number of aryl methyl sites for hydroxylation is 2. The van der Waals surface area contributed by atoms with E-state index in [9.17, 15) is 4.79 Å². The summed E-state index contributed by atoms with van der Waals surface area (Å²) in [6, 6.07) is 4.87. The maximum absolute atomic E-state index is 12.7. The number of likely N-dealkylation sites (tertiary alicyclic amines) is 1. The quantitative estimate of drug-likeness (QED) is 0.792. The first-order chi connectivity index (χ1) is 13.8. The van der Waals surface area contributed by atoms with Gasteiger partial charge >= 0.3 is 0 Å². The smallest absolute Gasteiger partial charge is 0.257 e. The van der Waals surface area contributed by atoms with Gasteiger partial charge < -0.3 is 14.6 Å². The summed E-state index contributed by atoms with van der Waals surface area (Å²) < 4.78 is 10.6. The van der Waals surface area contributed by atoms with E-state index in [0.29, 0.717) is 23.1 Å². The van der Waals surface area contributed by atoms with Crippen molar-refractivity contribution in [2.75, 3.05) is 13.7 Å². The van der Waals surface area contributed by atoms with E-state index in [2.05, 4.69) is 48.3 Å². The minimum atomic E-state index is -0.0730. The Hall–Kier alpha value is -2.34. The molecule has 1 saturated heterocycles. The molecule has 0 bridgehead atoms. The summed E-state index contributed by atoms with van der Waals surface area (Å²) in [6.07, 6.45) is 2.96. The van der Waals surface area contributed by atoms with Crippen LogP contribution in [0.25, 0.3) is 0 Å². The van der Waals surface area contributed by atoms with E-state index in [1.807, 2.05) is 6.92 Å². The molecule has 1 aliphatic rings. The number of nitrogens with zero attached hydrogens (tertiary/aromatic N) is 2. The molecular weight excluding hydrogens is 366 g/mol. The molecule has 1 aromatic heterocycles. The van der Waals surface area contributed by atoms with Crippen molar-refractivity contribution in [1.29, 1.82) is 0 Å². The van der Waals surface area contributed by atoms with Crippen LogP contribution >= 0.6 is 0 Å². The van der Waals surface area contributed by atoms with Crippen molar-refractivity contribution < 1.29 is 14.1 Å². The number of carbonyl (C=O) groups excluding carboxylic acids is 1. The predicted molar refractivity (Wildman–Crippen MR) is 113 cm³/mol. The number of amides is 1. The maximum Gasteiger partial charge on any atom is 0.257 e. The SMILES string of the molecule is CCC1C[C@@H](NC(=O)c2c(C)noc2C)CCN1Cc1ccc(OC)c(C)c1C. The number of piperidine rings is 1. The molecule has 1 aliphatic heterocycles. The molecule has 2 aromatic rings. The highest BCUT2D eigenvalue weighted by atomic mass is 16.5. The van der Waals surface area contributed by atoms with Gasteiger partial charge in [0.2, 0.25) is 0 Å². The molecule has 0 aliphatic carbocycles. The molecule has 1 amide bonds. The van der Waals surface area contributed by atoms with E-state index in [0.717, 1.165) is 38.1 Å². The lowest BCUT2D eigenvalue weighted by Crippen LogP contribution is -2.49. The average molecular weight is 400 g/mol. The molecule has 6 heteroatoms. The Morgan fingerprint density at radius 2 is 2.03 bits per heavy atom. The van der Waals surface area contributed by atoms with Crippen LogP contribution in [0.3, 0.4) is 0 Å². The summed E-state index contributed by atoms with van der Waals surface area (Å²) in [4.78, 5) is 15.2. The summed E-state index contributed by atoms with van der Waals surface area (Å²) in [5.41, 5.74) is 5.08. The van der Waals surface area contributed by atoms with Crippen molar-refractivity contribution >= 4 is 5.91 Å². The lowest BCUT2D eigenvalue weighted by Gasteiger charge is -2.39. The molecule has 0 radical (unpaired) electrons. The number of aromatic nitrogens is 1. The number of hydrogen-bond donors (Lipinski definition) is 1. The molecule has 1 aromatic carbocycles. The van der Waals surface area contributed by atoms with E-state index >= 15 is 0 Å². The maximum atomic E-state index is 12.7. The van der Waals surface area contributed by atoms with Gasteiger partial charge in [0, 0.05) is 25.2 Å². The summed E-state index contributed by atoms with van der Waals surface area (Å²) in [5, 5.41) is 7.10. The molecule has 158 valence electrons. The number of nitrogens with one attached hydrogen (secondary N) is 1. The second-order valence-corrected chi connectivity index (χ2v) is 8.10. The van der Waals surface area contributed by atoms with Crippen LogP contribution in [-0.4, -0.2) is 41.7 Å². The molecule has 1 N–H and O–H groups in total. The second kappa shape index (κ2) is 8.99. The van der Waals surface area contributed by atoms with Crippen LogP contribution in [0, 0.1) is 27.7 Å². The topological polar surface area (TPSA) is 67.6 Å². The second-order valence-electron chi connectivity index (χ2n) is 8.10. The first-order valence-electron chi connectivity index (χ1n) is 10.5. The minimum absolute atomic E-state index is 0.0730. The van der Waals surface area contributed by atoms with Crippen molar-refractivity contribution in [2.24, 2.45) is 0 Å². The fraction of sp³-hybridized carbons (Fsp3) is 0.565. The lowest BCUT2D eigenvalue weighted by molar-refractivity contribution is 0.0838. The molecule has 29 heavy (non-hydrogen) atoms. The number of hydrogen-bond acceptors (Lipinski definition) is 5. The zero-order chi connectivity index (χ0) is 21.1. The predicted octanol–water partition coefficient (Wildman–Crippen LogP) is 4.09. The fourth-order valence-electron chi connectivity index (χ4n) is 4.39. The highest BCUT2D eigenvalue weighted by molar-refractivity contribution is 5.96. The van der Waals surface area contributed by atoms with E-state index < -0.39 is 0 Å². The first kappa shape index (κ1) is 21.4. The Labute approximate surface area is 173 Å². The van der Waals surface area contributed by atoms with Crippen LogP contribution in [0.2, 0.25) is 0 Å². The monoisotopic (exact) mass is 399 g/mol. The Morgan fingerprint density at radius 3 is 2.66 bits per heavy atom. The van der Waals surface area contributed by atoms with Gasteiger partial charge in [-0.1, -0.05) is 18.1 Å². The van der Waals surface area contributed by atoms with Crippen LogP contribution in [0.1, 0.15) is 64.7 Å². The van der Waals surface area contributed by atoms with Crippen molar-refractivity contribution in [1.82, 2.24) is 15.4 Å². The van der Waals surface area contributed by atoms with Gasteiger partial charge in [0.15, 0.2) is 0 Å². The fourth-order valence-corrected chi connectivity index (χ4v) is 4.39. The Kier molecular flexibility index (Phi) is 6.63. The third-order valence-corrected chi connectivity index (χ3v) is 6.35. The molecule has 0 spiro atoms. The highest BCUT2D eigenvalue weighted by Crippen LogP contribution is 2.28.